The Balaban J connectivity index is 2.18. The van der Waals surface area contributed by atoms with Gasteiger partial charge >= 0.3 is 5.97 Å². The van der Waals surface area contributed by atoms with E-state index in [1.54, 1.807) is 0 Å². The van der Waals surface area contributed by atoms with Crippen molar-refractivity contribution in [2.45, 2.75) is 64.5 Å². The number of hydrogen-bond acceptors (Lipinski definition) is 2. The lowest BCUT2D eigenvalue weighted by molar-refractivity contribution is -0.139. The monoisotopic (exact) mass is 213 g/mol. The fourth-order valence-electron chi connectivity index (χ4n) is 1.89. The van der Waals surface area contributed by atoms with Gasteiger partial charge < -0.3 is 10.4 Å². The third-order valence-electron chi connectivity index (χ3n) is 3.07. The van der Waals surface area contributed by atoms with Crippen LogP contribution in [-0.2, 0) is 4.79 Å². The van der Waals surface area contributed by atoms with Gasteiger partial charge in [-0.1, -0.05) is 26.2 Å². The Morgan fingerprint density at radius 2 is 2.13 bits per heavy atom. The molecule has 88 valence electrons. The maximum Gasteiger partial charge on any atom is 0.320 e. The van der Waals surface area contributed by atoms with E-state index in [9.17, 15) is 4.79 Å². The molecule has 2 N–H and O–H groups in total. The van der Waals surface area contributed by atoms with E-state index in [1.807, 2.05) is 6.92 Å². The Hall–Kier alpha value is -0.570. The number of carboxylic acids is 1. The molecule has 0 radical (unpaired) electrons. The van der Waals surface area contributed by atoms with Gasteiger partial charge in [-0.2, -0.15) is 0 Å². The lowest BCUT2D eigenvalue weighted by Gasteiger charge is -2.19. The van der Waals surface area contributed by atoms with Crippen molar-refractivity contribution in [3.05, 3.63) is 0 Å². The number of carbonyl (C=O) groups is 1. The average Bonchev–Trinajstić information content (AvgIpc) is 2.97. The maximum absolute atomic E-state index is 10.9. The van der Waals surface area contributed by atoms with E-state index in [0.29, 0.717) is 6.04 Å². The molecule has 1 aliphatic carbocycles. The molecule has 3 heteroatoms. The fourth-order valence-corrected chi connectivity index (χ4v) is 1.89. The summed E-state index contributed by atoms with van der Waals surface area (Å²) >= 11 is 0. The van der Waals surface area contributed by atoms with Crippen molar-refractivity contribution in [1.29, 1.82) is 0 Å². The lowest BCUT2D eigenvalue weighted by Crippen LogP contribution is -2.42. The van der Waals surface area contributed by atoms with Crippen molar-refractivity contribution in [3.63, 3.8) is 0 Å². The van der Waals surface area contributed by atoms with E-state index >= 15 is 0 Å². The van der Waals surface area contributed by atoms with Gasteiger partial charge in [-0.05, 0) is 32.1 Å². The Morgan fingerprint density at radius 3 is 2.60 bits per heavy atom. The minimum absolute atomic E-state index is 0.332. The summed E-state index contributed by atoms with van der Waals surface area (Å²) in [5.74, 6) is 0.221. The van der Waals surface area contributed by atoms with Gasteiger partial charge in [0.25, 0.3) is 0 Å². The van der Waals surface area contributed by atoms with Crippen molar-refractivity contribution in [2.24, 2.45) is 5.92 Å². The molecule has 0 aromatic carbocycles. The second-order valence-electron chi connectivity index (χ2n) is 4.77. The summed E-state index contributed by atoms with van der Waals surface area (Å²) in [6, 6.07) is -0.0255. The highest BCUT2D eigenvalue weighted by atomic mass is 16.4. The van der Waals surface area contributed by atoms with Crippen LogP contribution in [0, 0.1) is 5.92 Å². The molecule has 0 aromatic heterocycles. The van der Waals surface area contributed by atoms with Crippen molar-refractivity contribution in [2.75, 3.05) is 0 Å². The van der Waals surface area contributed by atoms with Crippen LogP contribution < -0.4 is 5.32 Å². The molecule has 0 aliphatic heterocycles. The smallest absolute Gasteiger partial charge is 0.320 e. The Morgan fingerprint density at radius 1 is 1.47 bits per heavy atom. The standard InChI is InChI=1S/C12H23NO2/c1-3-4-11(12(14)15)13-9(2)5-6-10-7-8-10/h9-11,13H,3-8H2,1-2H3,(H,14,15). The van der Waals surface area contributed by atoms with Crippen molar-refractivity contribution in [1.82, 2.24) is 5.32 Å². The molecule has 1 aliphatic rings. The highest BCUT2D eigenvalue weighted by molar-refractivity contribution is 5.73. The SMILES string of the molecule is CCCC(NC(C)CCC1CC1)C(=O)O. The molecule has 0 aromatic rings. The topological polar surface area (TPSA) is 49.3 Å². The van der Waals surface area contributed by atoms with E-state index in [2.05, 4.69) is 12.2 Å². The third-order valence-corrected chi connectivity index (χ3v) is 3.07. The van der Waals surface area contributed by atoms with Gasteiger partial charge in [0.15, 0.2) is 0 Å². The summed E-state index contributed by atoms with van der Waals surface area (Å²) in [7, 11) is 0. The Kier molecular flexibility index (Phi) is 5.09. The van der Waals surface area contributed by atoms with Crippen LogP contribution in [0.25, 0.3) is 0 Å². The largest absolute Gasteiger partial charge is 0.480 e. The normalized spacial score (nSPS) is 19.9. The van der Waals surface area contributed by atoms with Crippen LogP contribution in [0.2, 0.25) is 0 Å². The zero-order valence-electron chi connectivity index (χ0n) is 9.83. The van der Waals surface area contributed by atoms with Crippen LogP contribution in [0.5, 0.6) is 0 Å². The molecule has 2 unspecified atom stereocenters. The van der Waals surface area contributed by atoms with Crippen LogP contribution in [-0.4, -0.2) is 23.2 Å². The summed E-state index contributed by atoms with van der Waals surface area (Å²) in [6.07, 6.45) is 6.77. The Bertz CT molecular complexity index is 202. The minimum atomic E-state index is -0.713. The van der Waals surface area contributed by atoms with Crippen LogP contribution >= 0.6 is 0 Å². The minimum Gasteiger partial charge on any atom is -0.480 e. The molecule has 0 spiro atoms. The maximum atomic E-state index is 10.9. The number of nitrogens with one attached hydrogen (secondary N) is 1. The number of aliphatic carboxylic acids is 1. The summed E-state index contributed by atoms with van der Waals surface area (Å²) in [5, 5.41) is 12.2. The molecule has 1 rings (SSSR count). The first kappa shape index (κ1) is 12.5. The van der Waals surface area contributed by atoms with E-state index in [0.717, 1.165) is 25.2 Å². The van der Waals surface area contributed by atoms with E-state index in [-0.39, 0.29) is 6.04 Å². The second kappa shape index (κ2) is 6.11. The van der Waals surface area contributed by atoms with Gasteiger partial charge in [0.05, 0.1) is 0 Å². The van der Waals surface area contributed by atoms with Gasteiger partial charge in [-0.25, -0.2) is 0 Å². The average molecular weight is 213 g/mol. The van der Waals surface area contributed by atoms with Crippen LogP contribution in [0.4, 0.5) is 0 Å². The molecule has 0 heterocycles. The molecule has 0 amide bonds. The number of carboxylic acid groups (broad SMARTS) is 1. The van der Waals surface area contributed by atoms with Gasteiger partial charge in [-0.3, -0.25) is 4.79 Å². The van der Waals surface area contributed by atoms with Crippen molar-refractivity contribution >= 4 is 5.97 Å². The summed E-state index contributed by atoms with van der Waals surface area (Å²) in [4.78, 5) is 10.9. The highest BCUT2D eigenvalue weighted by Crippen LogP contribution is 2.33. The first-order valence-electron chi connectivity index (χ1n) is 6.12. The molecule has 0 bridgehead atoms. The van der Waals surface area contributed by atoms with Crippen LogP contribution in [0.1, 0.15) is 52.4 Å². The molecule has 1 fully saturated rings. The quantitative estimate of drug-likeness (QED) is 0.651. The molecule has 0 saturated heterocycles. The molecule has 1 saturated carbocycles. The summed E-state index contributed by atoms with van der Waals surface area (Å²) < 4.78 is 0. The van der Waals surface area contributed by atoms with Crippen molar-refractivity contribution < 1.29 is 9.90 Å². The van der Waals surface area contributed by atoms with E-state index in [4.69, 9.17) is 5.11 Å². The fraction of sp³-hybridized carbons (Fsp3) is 0.917. The Labute approximate surface area is 92.3 Å². The number of hydrogen-bond donors (Lipinski definition) is 2. The van der Waals surface area contributed by atoms with Gasteiger partial charge in [0.1, 0.15) is 6.04 Å². The zero-order chi connectivity index (χ0) is 11.3. The number of rotatable bonds is 8. The predicted molar refractivity (Wildman–Crippen MR) is 60.9 cm³/mol. The van der Waals surface area contributed by atoms with Gasteiger partial charge in [-0.15, -0.1) is 0 Å². The second-order valence-corrected chi connectivity index (χ2v) is 4.77. The molecule has 3 nitrogen and oxygen atoms in total. The van der Waals surface area contributed by atoms with E-state index < -0.39 is 5.97 Å². The third kappa shape index (κ3) is 5.17. The van der Waals surface area contributed by atoms with Crippen LogP contribution in [0.3, 0.4) is 0 Å². The zero-order valence-corrected chi connectivity index (χ0v) is 9.83. The molecule has 2 atom stereocenters. The van der Waals surface area contributed by atoms with Gasteiger partial charge in [0, 0.05) is 6.04 Å². The lowest BCUT2D eigenvalue weighted by atomic mass is 10.1. The first-order valence-corrected chi connectivity index (χ1v) is 6.12. The summed E-state index contributed by atoms with van der Waals surface area (Å²) in [6.45, 7) is 4.11. The van der Waals surface area contributed by atoms with Crippen LogP contribution in [0.15, 0.2) is 0 Å². The van der Waals surface area contributed by atoms with Crippen molar-refractivity contribution in [3.8, 4) is 0 Å². The highest BCUT2D eigenvalue weighted by Gasteiger charge is 2.23. The van der Waals surface area contributed by atoms with Gasteiger partial charge in [0.2, 0.25) is 0 Å². The first-order chi connectivity index (χ1) is 7.13. The van der Waals surface area contributed by atoms with E-state index in [1.165, 1.54) is 19.3 Å². The summed E-state index contributed by atoms with van der Waals surface area (Å²) in [5.41, 5.74) is 0. The molecule has 15 heavy (non-hydrogen) atoms. The molecular weight excluding hydrogens is 190 g/mol. The molecular formula is C12H23NO2. The predicted octanol–water partition coefficient (Wildman–Crippen LogP) is 2.41.